The molecule has 0 radical (unpaired) electrons. The predicted octanol–water partition coefficient (Wildman–Crippen LogP) is 4.90. The Morgan fingerprint density at radius 1 is 1.00 bits per heavy atom. The molecule has 5 nitrogen and oxygen atoms in total. The SMILES string of the molecule is CNC(=O)[C@H](Cc1ccccc1)N(Cc1ccc(F)cc1)C(=O)COc1ccc(Cl)cc1Cl. The van der Waals surface area contributed by atoms with Crippen molar-refractivity contribution in [3.8, 4) is 5.75 Å². The van der Waals surface area contributed by atoms with E-state index in [0.29, 0.717) is 22.8 Å². The van der Waals surface area contributed by atoms with Gasteiger partial charge in [0.25, 0.3) is 5.91 Å². The lowest BCUT2D eigenvalue weighted by Crippen LogP contribution is -2.51. The van der Waals surface area contributed by atoms with Crippen LogP contribution in [0.15, 0.2) is 72.8 Å². The summed E-state index contributed by atoms with van der Waals surface area (Å²) < 4.78 is 19.0. The summed E-state index contributed by atoms with van der Waals surface area (Å²) in [6.07, 6.45) is 0.301. The Kier molecular flexibility index (Phi) is 8.69. The molecule has 0 heterocycles. The van der Waals surface area contributed by atoms with E-state index in [1.165, 1.54) is 30.1 Å². The maximum Gasteiger partial charge on any atom is 0.261 e. The van der Waals surface area contributed by atoms with E-state index in [-0.39, 0.29) is 29.9 Å². The Labute approximate surface area is 202 Å². The number of carbonyl (C=O) groups is 2. The molecule has 3 aromatic rings. The number of amides is 2. The standard InChI is InChI=1S/C25H23Cl2FN2O3/c1-29-25(32)22(13-17-5-3-2-4-6-17)30(15-18-7-10-20(28)11-8-18)24(31)16-33-23-12-9-19(26)14-21(23)27/h2-12,14,22H,13,15-16H2,1H3,(H,29,32)/t22-/m0/s1. The summed E-state index contributed by atoms with van der Waals surface area (Å²) in [5.41, 5.74) is 1.57. The van der Waals surface area contributed by atoms with Gasteiger partial charge in [-0.1, -0.05) is 65.7 Å². The third kappa shape index (κ3) is 6.94. The van der Waals surface area contributed by atoms with Gasteiger partial charge in [-0.05, 0) is 41.5 Å². The van der Waals surface area contributed by atoms with Gasteiger partial charge in [0.2, 0.25) is 5.91 Å². The van der Waals surface area contributed by atoms with Crippen LogP contribution in [0.5, 0.6) is 5.75 Å². The van der Waals surface area contributed by atoms with Crippen LogP contribution in [-0.4, -0.2) is 36.4 Å². The average molecular weight is 489 g/mol. The van der Waals surface area contributed by atoms with Gasteiger partial charge in [-0.25, -0.2) is 4.39 Å². The van der Waals surface area contributed by atoms with Crippen LogP contribution in [0.1, 0.15) is 11.1 Å². The molecule has 0 saturated carbocycles. The van der Waals surface area contributed by atoms with Crippen molar-refractivity contribution in [1.29, 1.82) is 0 Å². The van der Waals surface area contributed by atoms with E-state index in [1.54, 1.807) is 24.3 Å². The minimum atomic E-state index is -0.806. The van der Waals surface area contributed by atoms with Crippen LogP contribution in [0, 0.1) is 5.82 Å². The smallest absolute Gasteiger partial charge is 0.261 e. The first-order valence-corrected chi connectivity index (χ1v) is 11.0. The van der Waals surface area contributed by atoms with Crippen LogP contribution in [0.4, 0.5) is 4.39 Å². The van der Waals surface area contributed by atoms with Crippen LogP contribution in [-0.2, 0) is 22.6 Å². The molecule has 0 unspecified atom stereocenters. The Hall–Kier alpha value is -3.09. The molecule has 3 rings (SSSR count). The summed E-state index contributed by atoms with van der Waals surface area (Å²) in [6, 6.07) is 19.1. The second kappa shape index (κ2) is 11.7. The van der Waals surface area contributed by atoms with E-state index >= 15 is 0 Å². The number of benzene rings is 3. The topological polar surface area (TPSA) is 58.6 Å². The highest BCUT2D eigenvalue weighted by atomic mass is 35.5. The number of hydrogen-bond donors (Lipinski definition) is 1. The van der Waals surface area contributed by atoms with E-state index < -0.39 is 11.9 Å². The molecule has 1 N–H and O–H groups in total. The summed E-state index contributed by atoms with van der Waals surface area (Å²) in [7, 11) is 1.52. The number of ether oxygens (including phenoxy) is 1. The second-order valence-electron chi connectivity index (χ2n) is 7.33. The zero-order chi connectivity index (χ0) is 23.8. The molecule has 8 heteroatoms. The monoisotopic (exact) mass is 488 g/mol. The molecule has 3 aromatic carbocycles. The van der Waals surface area contributed by atoms with Crippen molar-refractivity contribution in [2.24, 2.45) is 0 Å². The zero-order valence-corrected chi connectivity index (χ0v) is 19.4. The number of halogens is 3. The molecule has 0 aliphatic heterocycles. The van der Waals surface area contributed by atoms with Crippen molar-refractivity contribution in [1.82, 2.24) is 10.2 Å². The molecule has 0 fully saturated rings. The summed E-state index contributed by atoms with van der Waals surface area (Å²) in [6.45, 7) is -0.243. The largest absolute Gasteiger partial charge is 0.482 e. The van der Waals surface area contributed by atoms with Crippen molar-refractivity contribution < 1.29 is 18.7 Å². The number of rotatable bonds is 9. The Morgan fingerprint density at radius 3 is 2.33 bits per heavy atom. The molecular formula is C25H23Cl2FN2O3. The summed E-state index contributed by atoms with van der Waals surface area (Å²) in [4.78, 5) is 27.6. The minimum Gasteiger partial charge on any atom is -0.482 e. The van der Waals surface area contributed by atoms with Gasteiger partial charge in [0.05, 0.1) is 5.02 Å². The second-order valence-corrected chi connectivity index (χ2v) is 8.17. The van der Waals surface area contributed by atoms with Gasteiger partial charge in [0.1, 0.15) is 17.6 Å². The maximum absolute atomic E-state index is 13.4. The quantitative estimate of drug-likeness (QED) is 0.466. The van der Waals surface area contributed by atoms with Crippen molar-refractivity contribution in [3.05, 3.63) is 99.8 Å². The van der Waals surface area contributed by atoms with Gasteiger partial charge in [-0.2, -0.15) is 0 Å². The van der Waals surface area contributed by atoms with Crippen molar-refractivity contribution in [2.45, 2.75) is 19.0 Å². The van der Waals surface area contributed by atoms with Gasteiger partial charge in [-0.3, -0.25) is 9.59 Å². The molecular weight excluding hydrogens is 466 g/mol. The van der Waals surface area contributed by atoms with Crippen LogP contribution < -0.4 is 10.1 Å². The third-order valence-corrected chi connectivity index (χ3v) is 5.56. The van der Waals surface area contributed by atoms with E-state index in [4.69, 9.17) is 27.9 Å². The van der Waals surface area contributed by atoms with Crippen LogP contribution in [0.2, 0.25) is 10.0 Å². The minimum absolute atomic E-state index is 0.0990. The molecule has 1 atom stereocenters. The van der Waals surface area contributed by atoms with E-state index in [9.17, 15) is 14.0 Å². The van der Waals surface area contributed by atoms with Crippen LogP contribution in [0.3, 0.4) is 0 Å². The third-order valence-electron chi connectivity index (χ3n) is 5.03. The molecule has 0 aliphatic rings. The van der Waals surface area contributed by atoms with E-state index in [0.717, 1.165) is 5.56 Å². The lowest BCUT2D eigenvalue weighted by Gasteiger charge is -2.31. The highest BCUT2D eigenvalue weighted by molar-refractivity contribution is 6.35. The first-order chi connectivity index (χ1) is 15.9. The summed E-state index contributed by atoms with van der Waals surface area (Å²) in [5, 5.41) is 3.35. The fourth-order valence-corrected chi connectivity index (χ4v) is 3.78. The van der Waals surface area contributed by atoms with Gasteiger partial charge in [-0.15, -0.1) is 0 Å². The molecule has 2 amide bonds. The Bertz CT molecular complexity index is 1090. The maximum atomic E-state index is 13.4. The lowest BCUT2D eigenvalue weighted by atomic mass is 10.0. The van der Waals surface area contributed by atoms with E-state index in [2.05, 4.69) is 5.32 Å². The predicted molar refractivity (Wildman–Crippen MR) is 127 cm³/mol. The molecule has 0 aliphatic carbocycles. The molecule has 0 saturated heterocycles. The van der Waals surface area contributed by atoms with E-state index in [1.807, 2.05) is 30.3 Å². The number of nitrogens with zero attached hydrogens (tertiary/aromatic N) is 1. The number of likely N-dealkylation sites (N-methyl/N-ethyl adjacent to an activating group) is 1. The highest BCUT2D eigenvalue weighted by Gasteiger charge is 2.30. The normalized spacial score (nSPS) is 11.5. The summed E-state index contributed by atoms with van der Waals surface area (Å²) >= 11 is 12.1. The van der Waals surface area contributed by atoms with Gasteiger partial charge >= 0.3 is 0 Å². The Balaban J connectivity index is 1.87. The molecule has 0 bridgehead atoms. The van der Waals surface area contributed by atoms with Crippen molar-refractivity contribution in [2.75, 3.05) is 13.7 Å². The first-order valence-electron chi connectivity index (χ1n) is 10.2. The molecule has 172 valence electrons. The average Bonchev–Trinajstić information content (AvgIpc) is 2.82. The highest BCUT2D eigenvalue weighted by Crippen LogP contribution is 2.27. The fraction of sp³-hybridized carbons (Fsp3) is 0.200. The Morgan fingerprint density at radius 2 is 1.70 bits per heavy atom. The first kappa shape index (κ1) is 24.6. The van der Waals surface area contributed by atoms with Crippen molar-refractivity contribution in [3.63, 3.8) is 0 Å². The van der Waals surface area contributed by atoms with Gasteiger partial charge in [0, 0.05) is 25.0 Å². The van der Waals surface area contributed by atoms with Crippen LogP contribution >= 0.6 is 23.2 Å². The number of carbonyl (C=O) groups excluding carboxylic acids is 2. The zero-order valence-electron chi connectivity index (χ0n) is 17.9. The number of hydrogen-bond acceptors (Lipinski definition) is 3. The van der Waals surface area contributed by atoms with Crippen LogP contribution in [0.25, 0.3) is 0 Å². The molecule has 0 aromatic heterocycles. The molecule has 33 heavy (non-hydrogen) atoms. The fourth-order valence-electron chi connectivity index (χ4n) is 3.32. The lowest BCUT2D eigenvalue weighted by molar-refractivity contribution is -0.142. The molecule has 0 spiro atoms. The van der Waals surface area contributed by atoms with Gasteiger partial charge < -0.3 is 15.0 Å². The van der Waals surface area contributed by atoms with Gasteiger partial charge in [0.15, 0.2) is 6.61 Å². The van der Waals surface area contributed by atoms with Crippen molar-refractivity contribution >= 4 is 35.0 Å². The summed E-state index contributed by atoms with van der Waals surface area (Å²) in [5.74, 6) is -0.825. The number of nitrogens with one attached hydrogen (secondary N) is 1.